The molecule has 0 aromatic heterocycles. The van der Waals surface area contributed by atoms with Gasteiger partial charge in [0.05, 0.1) is 0 Å². The summed E-state index contributed by atoms with van der Waals surface area (Å²) in [6.45, 7) is 3.11. The number of hydrazine groups is 1. The molecule has 7 nitrogen and oxygen atoms in total. The molecule has 0 aliphatic heterocycles. The third kappa shape index (κ3) is 3.80. The number of halogens is 1. The van der Waals surface area contributed by atoms with Gasteiger partial charge in [0, 0.05) is 5.56 Å². The van der Waals surface area contributed by atoms with Crippen molar-refractivity contribution < 1.29 is 14.0 Å². The maximum atomic E-state index is 12.9. The average Bonchev–Trinajstić information content (AvgIpc) is 2.36. The van der Waals surface area contributed by atoms with Crippen molar-refractivity contribution in [2.45, 2.75) is 0 Å². The first kappa shape index (κ1) is 14.2. The predicted molar refractivity (Wildman–Crippen MR) is 67.0 cm³/mol. The Balaban J connectivity index is 2.68. The molecule has 1 aromatic carbocycles. The van der Waals surface area contributed by atoms with Gasteiger partial charge in [-0.05, 0) is 24.9 Å². The Morgan fingerprint density at radius 3 is 2.47 bits per heavy atom. The highest BCUT2D eigenvalue weighted by Crippen LogP contribution is 2.02. The molecule has 0 heterocycles. The van der Waals surface area contributed by atoms with E-state index >= 15 is 0 Å². The van der Waals surface area contributed by atoms with Crippen molar-refractivity contribution in [1.82, 2.24) is 10.9 Å². The first-order valence-electron chi connectivity index (χ1n) is 5.04. The van der Waals surface area contributed by atoms with Gasteiger partial charge in [-0.3, -0.25) is 25.4 Å². The standard InChI is InChI=1S/C11H12FN5O2/c1-15-8(9(13)14)11(19)17-16-10(18)6-3-2-4-7(12)5-6/h2-5H,1,13-14H2,(H,16,18)(H,17,19). The van der Waals surface area contributed by atoms with E-state index in [9.17, 15) is 14.0 Å². The highest BCUT2D eigenvalue weighted by molar-refractivity contribution is 5.99. The Bertz CT molecular complexity index is 552. The minimum Gasteiger partial charge on any atom is -0.384 e. The van der Waals surface area contributed by atoms with Crippen LogP contribution >= 0.6 is 0 Å². The van der Waals surface area contributed by atoms with Crippen LogP contribution < -0.4 is 22.3 Å². The van der Waals surface area contributed by atoms with Crippen molar-refractivity contribution >= 4 is 18.5 Å². The number of nitrogens with zero attached hydrogens (tertiary/aromatic N) is 1. The van der Waals surface area contributed by atoms with Gasteiger partial charge in [-0.25, -0.2) is 4.39 Å². The summed E-state index contributed by atoms with van der Waals surface area (Å²) in [6.07, 6.45) is 0. The quantitative estimate of drug-likeness (QED) is 0.330. The van der Waals surface area contributed by atoms with E-state index in [0.29, 0.717) is 0 Å². The molecule has 19 heavy (non-hydrogen) atoms. The number of aliphatic imine (C=N–C) groups is 1. The van der Waals surface area contributed by atoms with Crippen LogP contribution in [0.25, 0.3) is 0 Å². The monoisotopic (exact) mass is 265 g/mol. The van der Waals surface area contributed by atoms with E-state index in [1.807, 2.05) is 5.43 Å². The third-order valence-corrected chi connectivity index (χ3v) is 2.02. The van der Waals surface area contributed by atoms with E-state index in [-0.39, 0.29) is 17.1 Å². The number of amides is 2. The number of carbonyl (C=O) groups excluding carboxylic acids is 2. The Morgan fingerprint density at radius 2 is 1.95 bits per heavy atom. The van der Waals surface area contributed by atoms with Gasteiger partial charge in [0.2, 0.25) is 0 Å². The Hall–Kier alpha value is -2.90. The van der Waals surface area contributed by atoms with Crippen LogP contribution in [0.5, 0.6) is 0 Å². The second-order valence-corrected chi connectivity index (χ2v) is 3.38. The van der Waals surface area contributed by atoms with Gasteiger partial charge in [0.25, 0.3) is 11.8 Å². The molecular weight excluding hydrogens is 253 g/mol. The van der Waals surface area contributed by atoms with Crippen LogP contribution in [-0.4, -0.2) is 18.5 Å². The lowest BCUT2D eigenvalue weighted by atomic mass is 10.2. The van der Waals surface area contributed by atoms with Crippen molar-refractivity contribution in [3.05, 3.63) is 47.2 Å². The molecule has 0 spiro atoms. The van der Waals surface area contributed by atoms with Gasteiger partial charge in [-0.15, -0.1) is 0 Å². The summed E-state index contributed by atoms with van der Waals surface area (Å²) in [5.41, 5.74) is 14.2. The van der Waals surface area contributed by atoms with Gasteiger partial charge in [-0.1, -0.05) is 6.07 Å². The Kier molecular flexibility index (Phi) is 4.58. The summed E-state index contributed by atoms with van der Waals surface area (Å²) in [4.78, 5) is 26.3. The van der Waals surface area contributed by atoms with Gasteiger partial charge in [0.1, 0.15) is 11.6 Å². The largest absolute Gasteiger partial charge is 0.384 e. The maximum Gasteiger partial charge on any atom is 0.291 e. The molecule has 1 rings (SSSR count). The summed E-state index contributed by atoms with van der Waals surface area (Å²) < 4.78 is 12.9. The first-order chi connectivity index (χ1) is 8.95. The van der Waals surface area contributed by atoms with Crippen LogP contribution in [0.1, 0.15) is 10.4 Å². The lowest BCUT2D eigenvalue weighted by molar-refractivity contribution is -0.118. The molecule has 0 aliphatic rings. The Labute approximate surface area is 108 Å². The maximum absolute atomic E-state index is 12.9. The molecule has 0 bridgehead atoms. The van der Waals surface area contributed by atoms with Crippen molar-refractivity contribution in [1.29, 1.82) is 0 Å². The van der Waals surface area contributed by atoms with E-state index in [0.717, 1.165) is 6.07 Å². The van der Waals surface area contributed by atoms with Gasteiger partial charge < -0.3 is 11.5 Å². The number of carbonyl (C=O) groups is 2. The summed E-state index contributed by atoms with van der Waals surface area (Å²) in [5.74, 6) is -2.45. The van der Waals surface area contributed by atoms with Crippen LogP contribution in [0.2, 0.25) is 0 Å². The lowest BCUT2D eigenvalue weighted by Crippen LogP contribution is -2.43. The summed E-state index contributed by atoms with van der Waals surface area (Å²) in [5, 5.41) is 0. The van der Waals surface area contributed by atoms with Crippen LogP contribution in [0, 0.1) is 5.82 Å². The number of benzene rings is 1. The summed E-state index contributed by atoms with van der Waals surface area (Å²) in [6, 6.07) is 4.94. The minimum atomic E-state index is -0.834. The molecular formula is C11H12FN5O2. The third-order valence-electron chi connectivity index (χ3n) is 2.02. The van der Waals surface area contributed by atoms with E-state index in [2.05, 4.69) is 17.1 Å². The van der Waals surface area contributed by atoms with E-state index in [1.165, 1.54) is 18.2 Å². The number of hydrogen-bond acceptors (Lipinski definition) is 5. The smallest absolute Gasteiger partial charge is 0.291 e. The number of hydrogen-bond donors (Lipinski definition) is 4. The molecule has 0 atom stereocenters. The molecule has 0 radical (unpaired) electrons. The molecule has 0 unspecified atom stereocenters. The molecule has 0 saturated carbocycles. The van der Waals surface area contributed by atoms with Crippen LogP contribution in [0.3, 0.4) is 0 Å². The van der Waals surface area contributed by atoms with Crippen molar-refractivity contribution in [3.63, 3.8) is 0 Å². The molecule has 0 saturated heterocycles. The highest BCUT2D eigenvalue weighted by atomic mass is 19.1. The van der Waals surface area contributed by atoms with Crippen LogP contribution in [0.15, 0.2) is 40.8 Å². The predicted octanol–water partition coefficient (Wildman–Crippen LogP) is -0.626. The SMILES string of the molecule is C=NC(C(=O)NNC(=O)c1cccc(F)c1)=C(N)N. The fraction of sp³-hybridized carbons (Fsp3) is 0. The van der Waals surface area contributed by atoms with Crippen molar-refractivity contribution in [3.8, 4) is 0 Å². The first-order valence-corrected chi connectivity index (χ1v) is 5.04. The normalized spacial score (nSPS) is 9.32. The number of rotatable bonds is 3. The zero-order valence-corrected chi connectivity index (χ0v) is 9.81. The van der Waals surface area contributed by atoms with Gasteiger partial charge in [-0.2, -0.15) is 0 Å². The van der Waals surface area contributed by atoms with E-state index in [4.69, 9.17) is 11.5 Å². The summed E-state index contributed by atoms with van der Waals surface area (Å²) >= 11 is 0. The molecule has 2 amide bonds. The van der Waals surface area contributed by atoms with Crippen molar-refractivity contribution in [2.75, 3.05) is 0 Å². The number of nitrogens with two attached hydrogens (primary N) is 2. The average molecular weight is 265 g/mol. The van der Waals surface area contributed by atoms with Gasteiger partial charge in [0.15, 0.2) is 5.70 Å². The fourth-order valence-corrected chi connectivity index (χ4v) is 1.17. The van der Waals surface area contributed by atoms with Crippen LogP contribution in [-0.2, 0) is 4.79 Å². The molecule has 1 aromatic rings. The van der Waals surface area contributed by atoms with E-state index < -0.39 is 17.6 Å². The summed E-state index contributed by atoms with van der Waals surface area (Å²) in [7, 11) is 0. The minimum absolute atomic E-state index is 0.0399. The number of nitrogens with one attached hydrogen (secondary N) is 2. The van der Waals surface area contributed by atoms with Crippen LogP contribution in [0.4, 0.5) is 4.39 Å². The highest BCUT2D eigenvalue weighted by Gasteiger charge is 2.12. The fourth-order valence-electron chi connectivity index (χ4n) is 1.17. The lowest BCUT2D eigenvalue weighted by Gasteiger charge is -2.08. The molecule has 8 heteroatoms. The van der Waals surface area contributed by atoms with Gasteiger partial charge >= 0.3 is 0 Å². The van der Waals surface area contributed by atoms with Crippen molar-refractivity contribution in [2.24, 2.45) is 16.5 Å². The second-order valence-electron chi connectivity index (χ2n) is 3.38. The molecule has 0 aliphatic carbocycles. The second kappa shape index (κ2) is 6.15. The molecule has 100 valence electrons. The topological polar surface area (TPSA) is 123 Å². The zero-order valence-electron chi connectivity index (χ0n) is 9.81. The molecule has 6 N–H and O–H groups in total. The van der Waals surface area contributed by atoms with E-state index in [1.54, 1.807) is 0 Å². The molecule has 0 fully saturated rings. The Morgan fingerprint density at radius 1 is 1.26 bits per heavy atom. The zero-order chi connectivity index (χ0) is 14.4.